The van der Waals surface area contributed by atoms with E-state index in [1.165, 1.54) is 10.6 Å². The van der Waals surface area contributed by atoms with Crippen molar-refractivity contribution in [2.24, 2.45) is 0 Å². The minimum atomic E-state index is -3.15. The van der Waals surface area contributed by atoms with Crippen molar-refractivity contribution in [1.82, 2.24) is 24.2 Å². The Balaban J connectivity index is 1.69. The SMILES string of the molecule is COc1ccccc1Nc1nc(N)nc(CN2CCN(S(C)(=O)=O)CC2)n1. The normalized spacial score (nSPS) is 16.2. The first-order valence-electron chi connectivity index (χ1n) is 8.43. The van der Waals surface area contributed by atoms with Crippen molar-refractivity contribution >= 4 is 27.6 Å². The van der Waals surface area contributed by atoms with E-state index in [9.17, 15) is 8.42 Å². The number of hydrogen-bond acceptors (Lipinski definition) is 9. The summed E-state index contributed by atoms with van der Waals surface area (Å²) in [5.41, 5.74) is 6.55. The van der Waals surface area contributed by atoms with Gasteiger partial charge in [0.05, 0.1) is 25.6 Å². The smallest absolute Gasteiger partial charge is 0.232 e. The molecule has 1 saturated heterocycles. The molecule has 0 saturated carbocycles. The molecule has 146 valence electrons. The van der Waals surface area contributed by atoms with Gasteiger partial charge >= 0.3 is 0 Å². The number of hydrogen-bond donors (Lipinski definition) is 2. The summed E-state index contributed by atoms with van der Waals surface area (Å²) >= 11 is 0. The molecule has 3 N–H and O–H groups in total. The number of ether oxygens (including phenoxy) is 1. The van der Waals surface area contributed by atoms with Gasteiger partial charge in [-0.15, -0.1) is 0 Å². The van der Waals surface area contributed by atoms with Gasteiger partial charge in [0.25, 0.3) is 0 Å². The third-order valence-electron chi connectivity index (χ3n) is 4.22. The number of para-hydroxylation sites is 2. The molecule has 0 bridgehead atoms. The van der Waals surface area contributed by atoms with E-state index in [1.54, 1.807) is 7.11 Å². The molecular formula is C16H23N7O3S. The van der Waals surface area contributed by atoms with Crippen LogP contribution >= 0.6 is 0 Å². The molecule has 2 aromatic rings. The highest BCUT2D eigenvalue weighted by atomic mass is 32.2. The highest BCUT2D eigenvalue weighted by molar-refractivity contribution is 7.88. The van der Waals surface area contributed by atoms with Crippen molar-refractivity contribution in [3.8, 4) is 5.75 Å². The first-order valence-corrected chi connectivity index (χ1v) is 10.3. The summed E-state index contributed by atoms with van der Waals surface area (Å²) in [4.78, 5) is 14.8. The zero-order chi connectivity index (χ0) is 19.4. The second kappa shape index (κ2) is 8.03. The quantitative estimate of drug-likeness (QED) is 0.711. The molecule has 1 fully saturated rings. The van der Waals surface area contributed by atoms with Gasteiger partial charge in [0.2, 0.25) is 21.9 Å². The van der Waals surface area contributed by atoms with Gasteiger partial charge in [0, 0.05) is 26.2 Å². The van der Waals surface area contributed by atoms with E-state index in [0.29, 0.717) is 50.2 Å². The number of nitrogen functional groups attached to an aromatic ring is 1. The maximum atomic E-state index is 11.6. The number of methoxy groups -OCH3 is 1. The van der Waals surface area contributed by atoms with Gasteiger partial charge in [-0.2, -0.15) is 19.3 Å². The van der Waals surface area contributed by atoms with Crippen LogP contribution in [-0.2, 0) is 16.6 Å². The Kier molecular flexibility index (Phi) is 5.73. The third kappa shape index (κ3) is 5.02. The average molecular weight is 393 g/mol. The van der Waals surface area contributed by atoms with Gasteiger partial charge in [0.1, 0.15) is 11.6 Å². The Bertz CT molecular complexity index is 899. The van der Waals surface area contributed by atoms with Crippen LogP contribution < -0.4 is 15.8 Å². The number of anilines is 3. The van der Waals surface area contributed by atoms with Gasteiger partial charge < -0.3 is 15.8 Å². The minimum absolute atomic E-state index is 0.118. The lowest BCUT2D eigenvalue weighted by Crippen LogP contribution is -2.48. The van der Waals surface area contributed by atoms with Gasteiger partial charge in [-0.25, -0.2) is 8.42 Å². The summed E-state index contributed by atoms with van der Waals surface area (Å²) in [7, 11) is -1.57. The fourth-order valence-electron chi connectivity index (χ4n) is 2.85. The van der Waals surface area contributed by atoms with Crippen molar-refractivity contribution in [3.63, 3.8) is 0 Å². The molecule has 2 heterocycles. The van der Waals surface area contributed by atoms with E-state index in [-0.39, 0.29) is 5.95 Å². The number of benzene rings is 1. The highest BCUT2D eigenvalue weighted by Gasteiger charge is 2.24. The Morgan fingerprint density at radius 1 is 1.15 bits per heavy atom. The van der Waals surface area contributed by atoms with Crippen LogP contribution in [0.3, 0.4) is 0 Å². The first-order chi connectivity index (χ1) is 12.8. The van der Waals surface area contributed by atoms with Crippen LogP contribution in [0.1, 0.15) is 5.82 Å². The topological polar surface area (TPSA) is 127 Å². The van der Waals surface area contributed by atoms with Gasteiger partial charge in [-0.3, -0.25) is 4.90 Å². The summed E-state index contributed by atoms with van der Waals surface area (Å²) in [6, 6.07) is 7.42. The van der Waals surface area contributed by atoms with Crippen molar-refractivity contribution in [2.75, 3.05) is 50.6 Å². The summed E-state index contributed by atoms with van der Waals surface area (Å²) in [5.74, 6) is 1.63. The van der Waals surface area contributed by atoms with Gasteiger partial charge in [0.15, 0.2) is 0 Å². The number of nitrogens with zero attached hydrogens (tertiary/aromatic N) is 5. The number of nitrogens with two attached hydrogens (primary N) is 1. The number of nitrogens with one attached hydrogen (secondary N) is 1. The van der Waals surface area contributed by atoms with Crippen LogP contribution in [0.2, 0.25) is 0 Å². The molecule has 27 heavy (non-hydrogen) atoms. The maximum Gasteiger partial charge on any atom is 0.232 e. The van der Waals surface area contributed by atoms with Crippen molar-refractivity contribution in [2.45, 2.75) is 6.54 Å². The predicted molar refractivity (Wildman–Crippen MR) is 102 cm³/mol. The molecule has 1 aromatic heterocycles. The molecule has 1 aliphatic rings. The molecular weight excluding hydrogens is 370 g/mol. The monoisotopic (exact) mass is 393 g/mol. The van der Waals surface area contributed by atoms with Crippen molar-refractivity contribution in [3.05, 3.63) is 30.1 Å². The fourth-order valence-corrected chi connectivity index (χ4v) is 3.68. The summed E-state index contributed by atoms with van der Waals surface area (Å²) in [6.45, 7) is 2.57. The average Bonchev–Trinajstić information content (AvgIpc) is 2.61. The van der Waals surface area contributed by atoms with E-state index >= 15 is 0 Å². The number of rotatable bonds is 6. The van der Waals surface area contributed by atoms with E-state index in [0.717, 1.165) is 5.69 Å². The molecule has 3 rings (SSSR count). The van der Waals surface area contributed by atoms with E-state index in [1.807, 2.05) is 24.3 Å². The Morgan fingerprint density at radius 2 is 1.85 bits per heavy atom. The third-order valence-corrected chi connectivity index (χ3v) is 5.52. The summed E-state index contributed by atoms with van der Waals surface area (Å²) < 4.78 is 30.0. The standard InChI is InChI=1S/C16H23N7O3S/c1-26-13-6-4-3-5-12(13)18-16-20-14(19-15(17)21-16)11-22-7-9-23(10-8-22)27(2,24)25/h3-6H,7-11H2,1-2H3,(H3,17,18,19,20,21). The predicted octanol–water partition coefficient (Wildman–Crippen LogP) is 0.283. The van der Waals surface area contributed by atoms with Crippen LogP contribution in [0.5, 0.6) is 5.75 Å². The van der Waals surface area contributed by atoms with Crippen LogP contribution in [-0.4, -0.2) is 72.1 Å². The highest BCUT2D eigenvalue weighted by Crippen LogP contribution is 2.25. The Hall–Kier alpha value is -2.50. The largest absolute Gasteiger partial charge is 0.495 e. The molecule has 0 atom stereocenters. The van der Waals surface area contributed by atoms with E-state index in [2.05, 4.69) is 25.2 Å². The van der Waals surface area contributed by atoms with E-state index < -0.39 is 10.0 Å². The van der Waals surface area contributed by atoms with Crippen LogP contribution in [0.15, 0.2) is 24.3 Å². The lowest BCUT2D eigenvalue weighted by molar-refractivity contribution is 0.178. The van der Waals surface area contributed by atoms with Crippen LogP contribution in [0, 0.1) is 0 Å². The molecule has 0 amide bonds. The summed E-state index contributed by atoms with van der Waals surface area (Å²) in [5, 5.41) is 3.10. The number of aromatic nitrogens is 3. The molecule has 0 radical (unpaired) electrons. The second-order valence-corrected chi connectivity index (χ2v) is 8.18. The Morgan fingerprint density at radius 3 is 2.52 bits per heavy atom. The molecule has 10 nitrogen and oxygen atoms in total. The lowest BCUT2D eigenvalue weighted by atomic mass is 10.3. The molecule has 0 spiro atoms. The zero-order valence-electron chi connectivity index (χ0n) is 15.3. The van der Waals surface area contributed by atoms with Crippen molar-refractivity contribution < 1.29 is 13.2 Å². The second-order valence-electron chi connectivity index (χ2n) is 6.20. The van der Waals surface area contributed by atoms with Crippen LogP contribution in [0.4, 0.5) is 17.6 Å². The van der Waals surface area contributed by atoms with E-state index in [4.69, 9.17) is 10.5 Å². The maximum absolute atomic E-state index is 11.6. The molecule has 1 aromatic carbocycles. The van der Waals surface area contributed by atoms with Gasteiger partial charge in [-0.1, -0.05) is 12.1 Å². The first kappa shape index (κ1) is 19.3. The number of sulfonamides is 1. The van der Waals surface area contributed by atoms with Crippen molar-refractivity contribution in [1.29, 1.82) is 0 Å². The molecule has 0 aliphatic carbocycles. The zero-order valence-corrected chi connectivity index (χ0v) is 16.1. The van der Waals surface area contributed by atoms with Gasteiger partial charge in [-0.05, 0) is 12.1 Å². The van der Waals surface area contributed by atoms with Crippen LogP contribution in [0.25, 0.3) is 0 Å². The lowest BCUT2D eigenvalue weighted by Gasteiger charge is -2.32. The molecule has 11 heteroatoms. The summed E-state index contributed by atoms with van der Waals surface area (Å²) in [6.07, 6.45) is 1.23. The molecule has 1 aliphatic heterocycles. The minimum Gasteiger partial charge on any atom is -0.495 e. The Labute approximate surface area is 158 Å². The molecule has 0 unspecified atom stereocenters. The number of piperazine rings is 1. The fraction of sp³-hybridized carbons (Fsp3) is 0.438.